The van der Waals surface area contributed by atoms with E-state index in [-0.39, 0.29) is 18.1 Å². The van der Waals surface area contributed by atoms with Crippen molar-refractivity contribution in [2.24, 2.45) is 0 Å². The minimum Gasteiger partial charge on any atom is -0.504 e. The third kappa shape index (κ3) is 4.85. The van der Waals surface area contributed by atoms with Crippen LogP contribution in [0.3, 0.4) is 0 Å². The van der Waals surface area contributed by atoms with Gasteiger partial charge in [0.15, 0.2) is 18.1 Å². The maximum Gasteiger partial charge on any atom is 0.294 e. The van der Waals surface area contributed by atoms with E-state index in [9.17, 15) is 14.7 Å². The lowest BCUT2D eigenvalue weighted by Crippen LogP contribution is -2.44. The van der Waals surface area contributed by atoms with Gasteiger partial charge in [-0.25, -0.2) is 4.68 Å². The number of aromatic nitrogens is 2. The van der Waals surface area contributed by atoms with Gasteiger partial charge in [0.05, 0.1) is 11.9 Å². The van der Waals surface area contributed by atoms with Crippen molar-refractivity contribution in [1.29, 1.82) is 0 Å². The standard InChI is InChI=1S/C18H15BrN4O4/c19-12-6-8-14(9-7-12)27-11-16(25)20-21-18(26)17-15(24)10-23(22-17)13-4-2-1-3-5-13/h1-10,24H,11H2,(H,20,25)(H,21,26). The van der Waals surface area contributed by atoms with Crippen molar-refractivity contribution in [1.82, 2.24) is 20.6 Å². The van der Waals surface area contributed by atoms with Gasteiger partial charge in [0, 0.05) is 4.47 Å². The van der Waals surface area contributed by atoms with E-state index in [1.54, 1.807) is 48.5 Å². The summed E-state index contributed by atoms with van der Waals surface area (Å²) in [5.74, 6) is -1.11. The van der Waals surface area contributed by atoms with Crippen molar-refractivity contribution in [3.05, 3.63) is 71.0 Å². The first-order valence-electron chi connectivity index (χ1n) is 7.84. The van der Waals surface area contributed by atoms with Crippen LogP contribution in [0.25, 0.3) is 5.69 Å². The molecule has 1 heterocycles. The predicted molar refractivity (Wildman–Crippen MR) is 100 cm³/mol. The molecule has 0 aliphatic rings. The number of hydrogen-bond acceptors (Lipinski definition) is 5. The van der Waals surface area contributed by atoms with Crippen molar-refractivity contribution >= 4 is 27.7 Å². The molecule has 0 bridgehead atoms. The zero-order valence-corrected chi connectivity index (χ0v) is 15.5. The van der Waals surface area contributed by atoms with Crippen LogP contribution >= 0.6 is 15.9 Å². The number of amides is 2. The number of aromatic hydroxyl groups is 1. The number of carbonyl (C=O) groups is 2. The molecule has 0 unspecified atom stereocenters. The highest BCUT2D eigenvalue weighted by atomic mass is 79.9. The summed E-state index contributed by atoms with van der Waals surface area (Å²) >= 11 is 3.30. The van der Waals surface area contributed by atoms with Gasteiger partial charge in [-0.2, -0.15) is 5.10 Å². The molecule has 8 nitrogen and oxygen atoms in total. The Kier molecular flexibility index (Phi) is 5.72. The molecular weight excluding hydrogens is 416 g/mol. The van der Waals surface area contributed by atoms with E-state index in [2.05, 4.69) is 31.9 Å². The van der Waals surface area contributed by atoms with Gasteiger partial charge in [0.25, 0.3) is 11.8 Å². The van der Waals surface area contributed by atoms with Crippen molar-refractivity contribution < 1.29 is 19.4 Å². The molecule has 0 aliphatic heterocycles. The molecule has 0 fully saturated rings. The average Bonchev–Trinajstić information content (AvgIpc) is 3.08. The Labute approximate surface area is 162 Å². The molecule has 27 heavy (non-hydrogen) atoms. The predicted octanol–water partition coefficient (Wildman–Crippen LogP) is 2.18. The van der Waals surface area contributed by atoms with Crippen LogP contribution in [0.4, 0.5) is 0 Å². The molecule has 0 aliphatic carbocycles. The van der Waals surface area contributed by atoms with Crippen LogP contribution in [0.5, 0.6) is 11.5 Å². The summed E-state index contributed by atoms with van der Waals surface area (Å²) in [6.45, 7) is -0.285. The van der Waals surface area contributed by atoms with Crippen LogP contribution < -0.4 is 15.6 Å². The van der Waals surface area contributed by atoms with Crippen LogP contribution in [0.1, 0.15) is 10.5 Å². The van der Waals surface area contributed by atoms with Gasteiger partial charge < -0.3 is 9.84 Å². The molecule has 0 atom stereocenters. The van der Waals surface area contributed by atoms with E-state index in [1.165, 1.54) is 10.9 Å². The summed E-state index contributed by atoms with van der Waals surface area (Å²) in [6, 6.07) is 16.0. The van der Waals surface area contributed by atoms with Gasteiger partial charge in [-0.1, -0.05) is 34.1 Å². The molecule has 2 aromatic carbocycles. The molecule has 138 valence electrons. The SMILES string of the molecule is O=C(COc1ccc(Br)cc1)NNC(=O)c1nn(-c2ccccc2)cc1O. The monoisotopic (exact) mass is 430 g/mol. The van der Waals surface area contributed by atoms with E-state index in [0.717, 1.165) is 4.47 Å². The zero-order valence-electron chi connectivity index (χ0n) is 13.9. The van der Waals surface area contributed by atoms with Crippen molar-refractivity contribution in [2.75, 3.05) is 6.61 Å². The molecule has 0 saturated carbocycles. The molecule has 1 aromatic heterocycles. The Hall–Kier alpha value is -3.33. The lowest BCUT2D eigenvalue weighted by atomic mass is 10.3. The molecule has 2 amide bonds. The third-order valence-corrected chi connectivity index (χ3v) is 3.96. The van der Waals surface area contributed by atoms with Crippen molar-refractivity contribution in [3.8, 4) is 17.2 Å². The first-order valence-corrected chi connectivity index (χ1v) is 8.64. The van der Waals surface area contributed by atoms with Gasteiger partial charge in [-0.05, 0) is 36.4 Å². The molecule has 3 aromatic rings. The summed E-state index contributed by atoms with van der Waals surface area (Å²) in [5.41, 5.74) is 4.86. The maximum absolute atomic E-state index is 12.1. The van der Waals surface area contributed by atoms with Crippen LogP contribution in [0.2, 0.25) is 0 Å². The Morgan fingerprint density at radius 1 is 1.07 bits per heavy atom. The van der Waals surface area contributed by atoms with E-state index in [4.69, 9.17) is 4.74 Å². The number of nitrogens with one attached hydrogen (secondary N) is 2. The highest BCUT2D eigenvalue weighted by molar-refractivity contribution is 9.10. The Morgan fingerprint density at radius 3 is 2.48 bits per heavy atom. The largest absolute Gasteiger partial charge is 0.504 e. The number of halogens is 1. The normalized spacial score (nSPS) is 10.3. The van der Waals surface area contributed by atoms with E-state index in [0.29, 0.717) is 11.4 Å². The Bertz CT molecular complexity index is 942. The highest BCUT2D eigenvalue weighted by Crippen LogP contribution is 2.18. The second-order valence-corrected chi connectivity index (χ2v) is 6.30. The van der Waals surface area contributed by atoms with Crippen LogP contribution in [0.15, 0.2) is 65.3 Å². The van der Waals surface area contributed by atoms with Gasteiger partial charge in [-0.3, -0.25) is 20.4 Å². The van der Waals surface area contributed by atoms with Crippen LogP contribution in [-0.4, -0.2) is 33.3 Å². The molecular formula is C18H15BrN4O4. The van der Waals surface area contributed by atoms with Gasteiger partial charge in [0.2, 0.25) is 0 Å². The second kappa shape index (κ2) is 8.37. The zero-order chi connectivity index (χ0) is 19.2. The number of para-hydroxylation sites is 1. The van der Waals surface area contributed by atoms with Crippen molar-refractivity contribution in [3.63, 3.8) is 0 Å². The van der Waals surface area contributed by atoms with Gasteiger partial charge in [0.1, 0.15) is 5.75 Å². The van der Waals surface area contributed by atoms with Crippen molar-refractivity contribution in [2.45, 2.75) is 0 Å². The fourth-order valence-corrected chi connectivity index (χ4v) is 2.41. The van der Waals surface area contributed by atoms with E-state index in [1.807, 2.05) is 6.07 Å². The second-order valence-electron chi connectivity index (χ2n) is 5.39. The number of ether oxygens (including phenoxy) is 1. The number of hydrogen-bond donors (Lipinski definition) is 3. The summed E-state index contributed by atoms with van der Waals surface area (Å²) in [4.78, 5) is 23.9. The number of carbonyl (C=O) groups excluding carboxylic acids is 2. The maximum atomic E-state index is 12.1. The third-order valence-electron chi connectivity index (χ3n) is 3.43. The topological polar surface area (TPSA) is 105 Å². The van der Waals surface area contributed by atoms with E-state index < -0.39 is 11.8 Å². The van der Waals surface area contributed by atoms with Gasteiger partial charge in [-0.15, -0.1) is 0 Å². The number of benzene rings is 2. The fraction of sp³-hybridized carbons (Fsp3) is 0.0556. The molecule has 3 N–H and O–H groups in total. The quantitative estimate of drug-likeness (QED) is 0.538. The lowest BCUT2D eigenvalue weighted by molar-refractivity contribution is -0.123. The molecule has 3 rings (SSSR count). The lowest BCUT2D eigenvalue weighted by Gasteiger charge is -2.08. The summed E-state index contributed by atoms with van der Waals surface area (Å²) < 4.78 is 7.55. The Morgan fingerprint density at radius 2 is 1.78 bits per heavy atom. The Balaban J connectivity index is 1.54. The van der Waals surface area contributed by atoms with Crippen LogP contribution in [-0.2, 0) is 4.79 Å². The first-order chi connectivity index (χ1) is 13.0. The first kappa shape index (κ1) is 18.5. The van der Waals surface area contributed by atoms with Crippen LogP contribution in [0, 0.1) is 0 Å². The molecule has 0 radical (unpaired) electrons. The summed E-state index contributed by atoms with van der Waals surface area (Å²) in [6.07, 6.45) is 1.31. The van der Waals surface area contributed by atoms with E-state index >= 15 is 0 Å². The summed E-state index contributed by atoms with van der Waals surface area (Å²) in [5, 5.41) is 13.9. The van der Waals surface area contributed by atoms with Gasteiger partial charge >= 0.3 is 0 Å². The number of nitrogens with zero attached hydrogens (tertiary/aromatic N) is 2. The molecule has 9 heteroatoms. The summed E-state index contributed by atoms with van der Waals surface area (Å²) in [7, 11) is 0. The average molecular weight is 431 g/mol. The minimum absolute atomic E-state index is 0.215. The number of hydrazine groups is 1. The minimum atomic E-state index is -0.751. The highest BCUT2D eigenvalue weighted by Gasteiger charge is 2.17. The molecule has 0 spiro atoms. The fourth-order valence-electron chi connectivity index (χ4n) is 2.14. The molecule has 0 saturated heterocycles. The smallest absolute Gasteiger partial charge is 0.294 e. The number of rotatable bonds is 5.